The molecule has 1 aromatic heterocycles. The molecule has 0 aliphatic carbocycles. The van der Waals surface area contributed by atoms with Gasteiger partial charge in [0.05, 0.1) is 36.6 Å². The highest BCUT2D eigenvalue weighted by molar-refractivity contribution is 5.88. The van der Waals surface area contributed by atoms with Crippen molar-refractivity contribution < 1.29 is 14.3 Å². The lowest BCUT2D eigenvalue weighted by Gasteiger charge is -2.35. The first kappa shape index (κ1) is 21.8. The smallest absolute Gasteiger partial charge is 0.237 e. The molecular formula is C24H29N5O3. The second-order valence-electron chi connectivity index (χ2n) is 8.01. The molecule has 4 rings (SSSR count). The first-order chi connectivity index (χ1) is 15.5. The first-order valence-electron chi connectivity index (χ1n) is 10.9. The molecule has 1 fully saturated rings. The van der Waals surface area contributed by atoms with Gasteiger partial charge in [0, 0.05) is 26.7 Å². The van der Waals surface area contributed by atoms with Crippen LogP contribution in [0.1, 0.15) is 24.7 Å². The highest BCUT2D eigenvalue weighted by Gasteiger charge is 2.32. The van der Waals surface area contributed by atoms with E-state index in [0.29, 0.717) is 32.8 Å². The van der Waals surface area contributed by atoms with Crippen molar-refractivity contribution in [1.82, 2.24) is 25.1 Å². The minimum Gasteiger partial charge on any atom is -0.494 e. The highest BCUT2D eigenvalue weighted by atomic mass is 16.5. The number of nitrogens with zero attached hydrogens (tertiary/aromatic N) is 3. The van der Waals surface area contributed by atoms with Crippen molar-refractivity contribution in [1.29, 1.82) is 0 Å². The average Bonchev–Trinajstić information content (AvgIpc) is 3.20. The summed E-state index contributed by atoms with van der Waals surface area (Å²) in [7, 11) is 1.74. The SMILES string of the molecule is CCOc1ccc(CN2CCNC(=O)[C@@H]2CC(=O)N(C)Cc2nc3ccccc3[nH]2)cc1. The summed E-state index contributed by atoms with van der Waals surface area (Å²) in [5.41, 5.74) is 2.89. The van der Waals surface area contributed by atoms with Crippen LogP contribution in [0.25, 0.3) is 11.0 Å². The molecule has 2 heterocycles. The zero-order valence-electron chi connectivity index (χ0n) is 18.5. The van der Waals surface area contributed by atoms with Crippen molar-refractivity contribution in [2.45, 2.75) is 32.5 Å². The lowest BCUT2D eigenvalue weighted by Crippen LogP contribution is -2.56. The molecule has 0 unspecified atom stereocenters. The zero-order valence-corrected chi connectivity index (χ0v) is 18.5. The monoisotopic (exact) mass is 435 g/mol. The molecule has 0 radical (unpaired) electrons. The van der Waals surface area contributed by atoms with Gasteiger partial charge in [-0.3, -0.25) is 14.5 Å². The summed E-state index contributed by atoms with van der Waals surface area (Å²) in [5.74, 6) is 1.35. The van der Waals surface area contributed by atoms with Crippen LogP contribution in [-0.2, 0) is 22.7 Å². The van der Waals surface area contributed by atoms with Crippen molar-refractivity contribution in [3.8, 4) is 5.75 Å². The Hall–Kier alpha value is -3.39. The van der Waals surface area contributed by atoms with E-state index in [0.717, 1.165) is 28.2 Å². The largest absolute Gasteiger partial charge is 0.494 e. The lowest BCUT2D eigenvalue weighted by molar-refractivity contribution is -0.138. The molecule has 168 valence electrons. The number of ether oxygens (including phenoxy) is 1. The Bertz CT molecular complexity index is 1050. The molecule has 8 heteroatoms. The number of aromatic nitrogens is 2. The fourth-order valence-corrected chi connectivity index (χ4v) is 3.98. The van der Waals surface area contributed by atoms with E-state index in [2.05, 4.69) is 20.2 Å². The van der Waals surface area contributed by atoms with E-state index in [4.69, 9.17) is 4.74 Å². The van der Waals surface area contributed by atoms with Gasteiger partial charge in [0.25, 0.3) is 0 Å². The van der Waals surface area contributed by atoms with Gasteiger partial charge in [-0.2, -0.15) is 0 Å². The lowest BCUT2D eigenvalue weighted by atomic mass is 10.1. The number of rotatable bonds is 8. The number of para-hydroxylation sites is 2. The molecule has 8 nitrogen and oxygen atoms in total. The molecule has 1 aliphatic rings. The minimum atomic E-state index is -0.499. The Kier molecular flexibility index (Phi) is 6.70. The summed E-state index contributed by atoms with van der Waals surface area (Å²) >= 11 is 0. The van der Waals surface area contributed by atoms with Gasteiger partial charge in [-0.25, -0.2) is 4.98 Å². The predicted octanol–water partition coefficient (Wildman–Crippen LogP) is 2.31. The minimum absolute atomic E-state index is 0.0933. The standard InChI is InChI=1S/C24H29N5O3/c1-3-32-18-10-8-17(9-11-18)15-29-13-12-25-24(31)21(29)14-23(30)28(2)16-22-26-19-6-4-5-7-20(19)27-22/h4-11,21H,3,12-16H2,1-2H3,(H,25,31)(H,26,27)/t21-/m0/s1. The third kappa shape index (κ3) is 5.08. The van der Waals surface area contributed by atoms with Crippen molar-refractivity contribution in [3.05, 3.63) is 59.9 Å². The van der Waals surface area contributed by atoms with Gasteiger partial charge in [-0.05, 0) is 36.8 Å². The maximum atomic E-state index is 13.0. The van der Waals surface area contributed by atoms with Crippen LogP contribution < -0.4 is 10.1 Å². The highest BCUT2D eigenvalue weighted by Crippen LogP contribution is 2.18. The van der Waals surface area contributed by atoms with E-state index in [1.165, 1.54) is 0 Å². The van der Waals surface area contributed by atoms with Crippen LogP contribution in [0.5, 0.6) is 5.75 Å². The van der Waals surface area contributed by atoms with E-state index < -0.39 is 6.04 Å². The number of nitrogens with one attached hydrogen (secondary N) is 2. The molecule has 32 heavy (non-hydrogen) atoms. The third-order valence-corrected chi connectivity index (χ3v) is 5.68. The Labute approximate surface area is 187 Å². The summed E-state index contributed by atoms with van der Waals surface area (Å²) < 4.78 is 5.50. The van der Waals surface area contributed by atoms with Crippen molar-refractivity contribution in [2.75, 3.05) is 26.7 Å². The molecule has 0 spiro atoms. The molecule has 1 atom stereocenters. The number of aromatic amines is 1. The van der Waals surface area contributed by atoms with E-state index >= 15 is 0 Å². The second-order valence-corrected chi connectivity index (χ2v) is 8.01. The summed E-state index contributed by atoms with van der Waals surface area (Å²) in [6.45, 7) is 4.82. The Balaban J connectivity index is 1.40. The molecule has 2 aromatic carbocycles. The molecule has 2 amide bonds. The maximum absolute atomic E-state index is 13.0. The first-order valence-corrected chi connectivity index (χ1v) is 10.9. The number of hydrogen-bond acceptors (Lipinski definition) is 5. The number of piperazine rings is 1. The van der Waals surface area contributed by atoms with Crippen molar-refractivity contribution in [2.24, 2.45) is 0 Å². The molecule has 1 aliphatic heterocycles. The maximum Gasteiger partial charge on any atom is 0.237 e. The quantitative estimate of drug-likeness (QED) is 0.567. The van der Waals surface area contributed by atoms with E-state index in [1.54, 1.807) is 11.9 Å². The number of imidazole rings is 1. The number of fused-ring (bicyclic) bond motifs is 1. The van der Waals surface area contributed by atoms with Gasteiger partial charge in [0.15, 0.2) is 0 Å². The second kappa shape index (κ2) is 9.82. The van der Waals surface area contributed by atoms with Crippen LogP contribution in [0.3, 0.4) is 0 Å². The van der Waals surface area contributed by atoms with Crippen LogP contribution in [0.2, 0.25) is 0 Å². The Morgan fingerprint density at radius 3 is 2.75 bits per heavy atom. The van der Waals surface area contributed by atoms with Crippen LogP contribution in [0.15, 0.2) is 48.5 Å². The van der Waals surface area contributed by atoms with Crippen LogP contribution in [0, 0.1) is 0 Å². The third-order valence-electron chi connectivity index (χ3n) is 5.68. The summed E-state index contributed by atoms with van der Waals surface area (Å²) in [6.07, 6.45) is 0.125. The van der Waals surface area contributed by atoms with E-state index in [9.17, 15) is 9.59 Å². The average molecular weight is 436 g/mol. The van der Waals surface area contributed by atoms with Crippen LogP contribution in [-0.4, -0.2) is 64.4 Å². The number of hydrogen-bond donors (Lipinski definition) is 2. The molecule has 3 aromatic rings. The number of benzene rings is 2. The van der Waals surface area contributed by atoms with E-state index in [1.807, 2.05) is 55.5 Å². The summed E-state index contributed by atoms with van der Waals surface area (Å²) in [5, 5.41) is 2.90. The molecular weight excluding hydrogens is 406 g/mol. The van der Waals surface area contributed by atoms with Gasteiger partial charge in [0.2, 0.25) is 11.8 Å². The summed E-state index contributed by atoms with van der Waals surface area (Å²) in [4.78, 5) is 37.0. The van der Waals surface area contributed by atoms with Crippen LogP contribution in [0.4, 0.5) is 0 Å². The number of amides is 2. The zero-order chi connectivity index (χ0) is 22.5. The molecule has 0 saturated carbocycles. The molecule has 1 saturated heterocycles. The van der Waals surface area contributed by atoms with E-state index in [-0.39, 0.29) is 18.2 Å². The van der Waals surface area contributed by atoms with Crippen molar-refractivity contribution >= 4 is 22.8 Å². The normalized spacial score (nSPS) is 16.7. The number of carbonyl (C=O) groups is 2. The number of H-pyrrole nitrogens is 1. The van der Waals surface area contributed by atoms with Gasteiger partial charge >= 0.3 is 0 Å². The van der Waals surface area contributed by atoms with Gasteiger partial charge < -0.3 is 19.9 Å². The Morgan fingerprint density at radius 2 is 2.00 bits per heavy atom. The molecule has 2 N–H and O–H groups in total. The molecule has 0 bridgehead atoms. The fourth-order valence-electron chi connectivity index (χ4n) is 3.98. The van der Waals surface area contributed by atoms with Crippen LogP contribution >= 0.6 is 0 Å². The fraction of sp³-hybridized carbons (Fsp3) is 0.375. The summed E-state index contributed by atoms with van der Waals surface area (Å²) in [6, 6.07) is 15.1. The Morgan fingerprint density at radius 1 is 1.22 bits per heavy atom. The topological polar surface area (TPSA) is 90.6 Å². The van der Waals surface area contributed by atoms with Gasteiger partial charge in [0.1, 0.15) is 11.6 Å². The van der Waals surface area contributed by atoms with Crippen molar-refractivity contribution in [3.63, 3.8) is 0 Å². The predicted molar refractivity (Wildman–Crippen MR) is 122 cm³/mol. The van der Waals surface area contributed by atoms with Gasteiger partial charge in [-0.15, -0.1) is 0 Å². The van der Waals surface area contributed by atoms with Gasteiger partial charge in [-0.1, -0.05) is 24.3 Å². The number of carbonyl (C=O) groups excluding carboxylic acids is 2.